The third-order valence-corrected chi connectivity index (χ3v) is 13.6. The first kappa shape index (κ1) is 43.8. The molecule has 1 aromatic heterocycles. The third-order valence-electron chi connectivity index (χ3n) is 13.3. The van der Waals surface area contributed by atoms with E-state index in [0.29, 0.717) is 50.3 Å². The maximum Gasteiger partial charge on any atom is 0.434 e. The molecule has 5 heterocycles. The van der Waals surface area contributed by atoms with Crippen LogP contribution in [-0.2, 0) is 15.8 Å². The van der Waals surface area contributed by atoms with Gasteiger partial charge >= 0.3 is 6.18 Å². The highest BCUT2D eigenvalue weighted by Crippen LogP contribution is 2.56. The number of nitrogens with zero attached hydrogens (tertiary/aromatic N) is 7. The minimum absolute atomic E-state index is 0.0457. The maximum atomic E-state index is 14.5. The molecule has 332 valence electrons. The summed E-state index contributed by atoms with van der Waals surface area (Å²) in [6.07, 6.45) is -2.86. The zero-order valence-electron chi connectivity index (χ0n) is 35.2. The largest absolute Gasteiger partial charge is 0.489 e. The van der Waals surface area contributed by atoms with Crippen LogP contribution in [0.25, 0.3) is 0 Å². The SMILES string of the molecule is CC1(C)C(NC(=O)c2cnc(N3CCC(CN4CCN(c5ccc6c(c5)C(=O)N(C5CCC(=O)NC5=O)C6=O)CC4)CC3)nc2C(F)(F)F)C(C)(C)C1Oc1ccc(C#N)c(Cl)c1. The molecular formula is C44H47ClF3N9O6. The first-order valence-corrected chi connectivity index (χ1v) is 21.3. The van der Waals surface area contributed by atoms with E-state index in [-0.39, 0.29) is 40.9 Å². The molecule has 0 radical (unpaired) electrons. The van der Waals surface area contributed by atoms with Gasteiger partial charge in [-0.05, 0) is 55.5 Å². The summed E-state index contributed by atoms with van der Waals surface area (Å²) in [5.41, 5.74) is -1.82. The van der Waals surface area contributed by atoms with E-state index in [9.17, 15) is 42.4 Å². The fourth-order valence-electron chi connectivity index (χ4n) is 10.2. The molecule has 2 N–H and O–H groups in total. The van der Waals surface area contributed by atoms with E-state index in [1.54, 1.807) is 35.2 Å². The lowest BCUT2D eigenvalue weighted by atomic mass is 9.49. The summed E-state index contributed by atoms with van der Waals surface area (Å²) in [5.74, 6) is -2.49. The van der Waals surface area contributed by atoms with Gasteiger partial charge in [-0.25, -0.2) is 9.97 Å². The number of carbonyl (C=O) groups is 5. The molecule has 4 fully saturated rings. The van der Waals surface area contributed by atoms with Crippen molar-refractivity contribution in [3.8, 4) is 11.8 Å². The number of imide groups is 2. The third kappa shape index (κ3) is 8.16. The number of benzene rings is 2. The Kier molecular flexibility index (Phi) is 11.4. The lowest BCUT2D eigenvalue weighted by Gasteiger charge is -2.63. The standard InChI is InChI=1S/C44H47ClF3N9O6/c1-42(2)39(43(3,4)40(42)63-27-7-5-25(21-49)31(45)20-27)53-35(59)30-22-50-41(52-34(30)44(46,47)48)56-13-11-24(12-14-56)23-54-15-17-55(18-16-54)26-6-8-28-29(19-26)38(62)57(37(28)61)32-9-10-33(58)51-36(32)60/h5-8,19-20,22,24,32,39-40H,9-18,23H2,1-4H3,(H,53,59)(H,51,58,60). The van der Waals surface area contributed by atoms with Gasteiger partial charge in [0.25, 0.3) is 17.7 Å². The highest BCUT2D eigenvalue weighted by atomic mass is 35.5. The van der Waals surface area contributed by atoms with E-state index in [1.807, 2.05) is 33.8 Å². The molecule has 1 atom stereocenters. The Morgan fingerprint density at radius 2 is 1.62 bits per heavy atom. The number of nitrogens with one attached hydrogen (secondary N) is 2. The second-order valence-electron chi connectivity index (χ2n) is 18.1. The van der Waals surface area contributed by atoms with Gasteiger partial charge in [0.05, 0.1) is 27.3 Å². The molecule has 1 saturated carbocycles. The molecule has 5 amide bonds. The molecule has 3 saturated heterocycles. The van der Waals surface area contributed by atoms with E-state index in [4.69, 9.17) is 16.3 Å². The summed E-state index contributed by atoms with van der Waals surface area (Å²) in [4.78, 5) is 79.5. The van der Waals surface area contributed by atoms with Crippen molar-refractivity contribution < 1.29 is 41.9 Å². The van der Waals surface area contributed by atoms with Crippen LogP contribution >= 0.6 is 11.6 Å². The number of ether oxygens (including phenoxy) is 1. The van der Waals surface area contributed by atoms with Gasteiger partial charge < -0.3 is 19.9 Å². The van der Waals surface area contributed by atoms with Gasteiger partial charge in [-0.1, -0.05) is 39.3 Å². The van der Waals surface area contributed by atoms with E-state index in [2.05, 4.69) is 30.4 Å². The number of carbonyl (C=O) groups excluding carboxylic acids is 5. The lowest BCUT2D eigenvalue weighted by molar-refractivity contribution is -0.164. The minimum Gasteiger partial charge on any atom is -0.489 e. The molecule has 5 aliphatic rings. The molecule has 3 aromatic rings. The first-order valence-electron chi connectivity index (χ1n) is 21.0. The summed E-state index contributed by atoms with van der Waals surface area (Å²) in [5, 5.41) is 14.5. The van der Waals surface area contributed by atoms with Crippen LogP contribution < -0.4 is 25.2 Å². The normalized spacial score (nSPS) is 23.8. The van der Waals surface area contributed by atoms with Crippen molar-refractivity contribution in [2.24, 2.45) is 16.7 Å². The molecule has 2 aromatic carbocycles. The lowest BCUT2D eigenvalue weighted by Crippen LogP contribution is -2.74. The predicted octanol–water partition coefficient (Wildman–Crippen LogP) is 5.07. The Morgan fingerprint density at radius 1 is 0.937 bits per heavy atom. The van der Waals surface area contributed by atoms with Crippen LogP contribution in [0.2, 0.25) is 5.02 Å². The molecule has 8 rings (SSSR count). The van der Waals surface area contributed by atoms with Crippen molar-refractivity contribution in [1.29, 1.82) is 5.26 Å². The molecule has 1 aliphatic carbocycles. The fraction of sp³-hybridized carbons (Fsp3) is 0.500. The molecule has 63 heavy (non-hydrogen) atoms. The Balaban J connectivity index is 0.843. The number of fused-ring (bicyclic) bond motifs is 1. The van der Waals surface area contributed by atoms with Crippen LogP contribution in [0, 0.1) is 28.1 Å². The number of hydrogen-bond donors (Lipinski definition) is 2. The van der Waals surface area contributed by atoms with E-state index >= 15 is 0 Å². The molecule has 19 heteroatoms. The number of hydrogen-bond acceptors (Lipinski definition) is 12. The van der Waals surface area contributed by atoms with Crippen LogP contribution in [0.4, 0.5) is 24.8 Å². The smallest absolute Gasteiger partial charge is 0.434 e. The van der Waals surface area contributed by atoms with Gasteiger partial charge in [0.15, 0.2) is 5.69 Å². The van der Waals surface area contributed by atoms with Gasteiger partial charge in [0, 0.05) is 87.1 Å². The van der Waals surface area contributed by atoms with Crippen LogP contribution in [0.15, 0.2) is 42.6 Å². The topological polar surface area (TPSA) is 181 Å². The van der Waals surface area contributed by atoms with Crippen molar-refractivity contribution in [3.05, 3.63) is 75.6 Å². The van der Waals surface area contributed by atoms with Crippen molar-refractivity contribution in [2.45, 2.75) is 77.7 Å². The molecule has 0 spiro atoms. The molecule has 1 unspecified atom stereocenters. The average Bonchev–Trinajstić information content (AvgIpc) is 3.49. The number of alkyl halides is 3. The number of piperazine rings is 1. The van der Waals surface area contributed by atoms with E-state index in [1.165, 1.54) is 6.07 Å². The monoisotopic (exact) mass is 889 g/mol. The highest BCUT2D eigenvalue weighted by molar-refractivity contribution is 6.31. The fourth-order valence-corrected chi connectivity index (χ4v) is 10.4. The Morgan fingerprint density at radius 3 is 2.25 bits per heavy atom. The minimum atomic E-state index is -4.92. The molecule has 0 bridgehead atoms. The second kappa shape index (κ2) is 16.4. The number of halogens is 4. The van der Waals surface area contributed by atoms with Crippen LogP contribution in [0.5, 0.6) is 5.75 Å². The summed E-state index contributed by atoms with van der Waals surface area (Å²) >= 11 is 6.20. The molecular weight excluding hydrogens is 843 g/mol. The van der Waals surface area contributed by atoms with Crippen molar-refractivity contribution in [1.82, 2.24) is 30.4 Å². The van der Waals surface area contributed by atoms with Crippen LogP contribution in [0.3, 0.4) is 0 Å². The average molecular weight is 890 g/mol. The van der Waals surface area contributed by atoms with Gasteiger partial charge in [-0.3, -0.25) is 39.1 Å². The molecule has 15 nitrogen and oxygen atoms in total. The van der Waals surface area contributed by atoms with Gasteiger partial charge in [-0.15, -0.1) is 0 Å². The van der Waals surface area contributed by atoms with Crippen molar-refractivity contribution in [3.63, 3.8) is 0 Å². The number of rotatable bonds is 9. The zero-order chi connectivity index (χ0) is 45.2. The second-order valence-corrected chi connectivity index (χ2v) is 18.5. The summed E-state index contributed by atoms with van der Waals surface area (Å²) in [6.45, 7) is 12.0. The number of aromatic nitrogens is 2. The Bertz CT molecular complexity index is 2410. The highest BCUT2D eigenvalue weighted by Gasteiger charge is 2.64. The first-order chi connectivity index (χ1) is 29.8. The number of nitriles is 1. The van der Waals surface area contributed by atoms with Gasteiger partial charge in [0.2, 0.25) is 17.8 Å². The van der Waals surface area contributed by atoms with Crippen LogP contribution in [0.1, 0.15) is 95.7 Å². The van der Waals surface area contributed by atoms with Crippen molar-refractivity contribution in [2.75, 3.05) is 55.6 Å². The van der Waals surface area contributed by atoms with E-state index in [0.717, 1.165) is 36.4 Å². The quantitative estimate of drug-likeness (QED) is 0.273. The summed E-state index contributed by atoms with van der Waals surface area (Å²) < 4.78 is 49.9. The molecule has 4 aliphatic heterocycles. The number of piperidine rings is 2. The van der Waals surface area contributed by atoms with Crippen molar-refractivity contribution >= 4 is 52.8 Å². The van der Waals surface area contributed by atoms with Gasteiger partial charge in [0.1, 0.15) is 24.0 Å². The Labute approximate surface area is 366 Å². The number of anilines is 2. The summed E-state index contributed by atoms with van der Waals surface area (Å²) in [6, 6.07) is 10.2. The maximum absolute atomic E-state index is 14.5. The van der Waals surface area contributed by atoms with Gasteiger partial charge in [-0.2, -0.15) is 18.4 Å². The Hall–Kier alpha value is -5.80. The zero-order valence-corrected chi connectivity index (χ0v) is 36.0. The van der Waals surface area contributed by atoms with E-state index < -0.39 is 76.0 Å². The predicted molar refractivity (Wildman–Crippen MR) is 223 cm³/mol. The number of amides is 5. The summed E-state index contributed by atoms with van der Waals surface area (Å²) in [7, 11) is 0. The van der Waals surface area contributed by atoms with Crippen LogP contribution in [-0.4, -0.2) is 113 Å².